The molecule has 0 aliphatic carbocycles. The van der Waals surface area contributed by atoms with Crippen molar-refractivity contribution in [1.82, 2.24) is 0 Å². The van der Waals surface area contributed by atoms with Gasteiger partial charge in [-0.25, -0.2) is 0 Å². The lowest BCUT2D eigenvalue weighted by Crippen LogP contribution is -2.15. The predicted octanol–water partition coefficient (Wildman–Crippen LogP) is 4.68. The van der Waals surface area contributed by atoms with Crippen LogP contribution in [0.2, 0.25) is 0 Å². The normalized spacial score (nSPS) is 17.8. The first-order chi connectivity index (χ1) is 5.64. The van der Waals surface area contributed by atoms with Crippen LogP contribution in [0.1, 0.15) is 54.9 Å². The summed E-state index contributed by atoms with van der Waals surface area (Å²) < 4.78 is 0. The van der Waals surface area contributed by atoms with Gasteiger partial charge in [0.15, 0.2) is 0 Å². The molecule has 0 saturated carbocycles. The van der Waals surface area contributed by atoms with Gasteiger partial charge in [0.1, 0.15) is 0 Å². The number of hydrogen-bond donors (Lipinski definition) is 0. The van der Waals surface area contributed by atoms with Crippen LogP contribution >= 0.6 is 17.2 Å². The average molecular weight is 220 g/mol. The molecule has 0 bridgehead atoms. The highest BCUT2D eigenvalue weighted by molar-refractivity contribution is 7.59. The van der Waals surface area contributed by atoms with Crippen LogP contribution in [0.5, 0.6) is 0 Å². The van der Waals surface area contributed by atoms with Crippen LogP contribution in [0.25, 0.3) is 0 Å². The summed E-state index contributed by atoms with van der Waals surface area (Å²) in [5.74, 6) is 0. The summed E-state index contributed by atoms with van der Waals surface area (Å²) in [7, 11) is 2.24. The average Bonchev–Trinajstić information content (AvgIpc) is 1.79. The molecule has 2 atom stereocenters. The van der Waals surface area contributed by atoms with E-state index >= 15 is 0 Å². The molecule has 0 aliphatic rings. The van der Waals surface area contributed by atoms with Crippen molar-refractivity contribution >= 4 is 17.2 Å². The maximum atomic E-state index is 2.36. The van der Waals surface area contributed by atoms with Gasteiger partial charge in [-0.3, -0.25) is 0 Å². The van der Waals surface area contributed by atoms with E-state index in [9.17, 15) is 0 Å². The van der Waals surface area contributed by atoms with Crippen LogP contribution in [-0.2, 0) is 0 Å². The molecule has 0 rings (SSSR count). The molecule has 0 radical (unpaired) electrons. The molecular formula is C11H26P2. The highest BCUT2D eigenvalue weighted by Crippen LogP contribution is 2.50. The fourth-order valence-electron chi connectivity index (χ4n) is 1.29. The highest BCUT2D eigenvalue weighted by Gasteiger charge is 2.21. The third-order valence-corrected chi connectivity index (χ3v) is 5.73. The smallest absolute Gasteiger partial charge is 0.00544 e. The maximum absolute atomic E-state index is 2.36. The van der Waals surface area contributed by atoms with Gasteiger partial charge in [0.05, 0.1) is 0 Å². The molecule has 0 nitrogen and oxygen atoms in total. The number of hydrogen-bond acceptors (Lipinski definition) is 0. The Labute approximate surface area is 88.2 Å². The SMILES string of the molecule is CCC(PC(C)(C)C)PC(C)(C)C. The molecule has 0 aliphatic heterocycles. The molecule has 0 amide bonds. The van der Waals surface area contributed by atoms with Gasteiger partial charge >= 0.3 is 0 Å². The van der Waals surface area contributed by atoms with Crippen LogP contribution in [-0.4, -0.2) is 15.7 Å². The summed E-state index contributed by atoms with van der Waals surface area (Å²) in [6, 6.07) is 0. The van der Waals surface area contributed by atoms with Gasteiger partial charge in [-0.15, -0.1) is 17.2 Å². The van der Waals surface area contributed by atoms with Gasteiger partial charge in [-0.1, -0.05) is 48.5 Å². The third-order valence-electron chi connectivity index (χ3n) is 1.62. The fraction of sp³-hybridized carbons (Fsp3) is 1.00. The number of rotatable bonds is 3. The van der Waals surface area contributed by atoms with Gasteiger partial charge in [0, 0.05) is 0 Å². The molecule has 13 heavy (non-hydrogen) atoms. The second-order valence-electron chi connectivity index (χ2n) is 5.75. The summed E-state index contributed by atoms with van der Waals surface area (Å²) in [6.07, 6.45) is 1.35. The summed E-state index contributed by atoms with van der Waals surface area (Å²) in [4.78, 5) is 0. The van der Waals surface area contributed by atoms with E-state index in [1.54, 1.807) is 0 Å². The highest BCUT2D eigenvalue weighted by atomic mass is 31.1. The molecule has 0 saturated heterocycles. The second-order valence-corrected chi connectivity index (χ2v) is 11.3. The van der Waals surface area contributed by atoms with Crippen molar-refractivity contribution in [3.05, 3.63) is 0 Å². The molecular weight excluding hydrogens is 194 g/mol. The fourth-order valence-corrected chi connectivity index (χ4v) is 6.67. The first kappa shape index (κ1) is 13.9. The minimum atomic E-state index is 0.527. The zero-order chi connectivity index (χ0) is 10.7. The van der Waals surface area contributed by atoms with Crippen molar-refractivity contribution < 1.29 is 0 Å². The first-order valence-corrected chi connectivity index (χ1v) is 7.35. The van der Waals surface area contributed by atoms with Crippen LogP contribution in [0.15, 0.2) is 0 Å². The van der Waals surface area contributed by atoms with Crippen molar-refractivity contribution in [2.75, 3.05) is 0 Å². The Kier molecular flexibility index (Phi) is 5.42. The molecule has 0 heterocycles. The summed E-state index contributed by atoms with van der Waals surface area (Å²) in [5.41, 5.74) is 0. The standard InChI is InChI=1S/C11H26P2/c1-8-9(12-10(2,3)4)13-11(5,6)7/h9,12-13H,8H2,1-7H3. The van der Waals surface area contributed by atoms with E-state index in [-0.39, 0.29) is 0 Å². The minimum absolute atomic E-state index is 0.527. The van der Waals surface area contributed by atoms with Gasteiger partial charge in [-0.05, 0) is 22.1 Å². The van der Waals surface area contributed by atoms with Crippen molar-refractivity contribution in [2.45, 2.75) is 70.6 Å². The van der Waals surface area contributed by atoms with Crippen LogP contribution in [0.4, 0.5) is 0 Å². The first-order valence-electron chi connectivity index (χ1n) is 5.19. The molecule has 0 aromatic rings. The van der Waals surface area contributed by atoms with Crippen LogP contribution in [0.3, 0.4) is 0 Å². The molecule has 0 spiro atoms. The molecule has 0 fully saturated rings. The largest absolute Gasteiger partial charge is 0.109 e. The molecule has 2 unspecified atom stereocenters. The lowest BCUT2D eigenvalue weighted by Gasteiger charge is -2.30. The molecule has 2 heteroatoms. The third kappa shape index (κ3) is 9.17. The lowest BCUT2D eigenvalue weighted by molar-refractivity contribution is 0.771. The van der Waals surface area contributed by atoms with E-state index in [0.717, 1.165) is 22.6 Å². The zero-order valence-corrected chi connectivity index (χ0v) is 12.3. The van der Waals surface area contributed by atoms with Gasteiger partial charge in [0.25, 0.3) is 0 Å². The van der Waals surface area contributed by atoms with Crippen LogP contribution < -0.4 is 0 Å². The minimum Gasteiger partial charge on any atom is -0.109 e. The molecule has 0 N–H and O–H groups in total. The van der Waals surface area contributed by atoms with E-state index < -0.39 is 0 Å². The second kappa shape index (κ2) is 5.09. The van der Waals surface area contributed by atoms with E-state index in [1.807, 2.05) is 0 Å². The molecule has 0 aromatic heterocycles. The Morgan fingerprint density at radius 3 is 1.31 bits per heavy atom. The van der Waals surface area contributed by atoms with Crippen molar-refractivity contribution in [3.63, 3.8) is 0 Å². The Bertz CT molecular complexity index is 123. The van der Waals surface area contributed by atoms with Gasteiger partial charge in [-0.2, -0.15) is 0 Å². The Morgan fingerprint density at radius 1 is 0.846 bits per heavy atom. The van der Waals surface area contributed by atoms with E-state index in [0.29, 0.717) is 10.3 Å². The summed E-state index contributed by atoms with van der Waals surface area (Å²) in [6.45, 7) is 16.5. The Balaban J connectivity index is 4.05. The van der Waals surface area contributed by atoms with E-state index in [4.69, 9.17) is 0 Å². The van der Waals surface area contributed by atoms with Gasteiger partial charge < -0.3 is 0 Å². The van der Waals surface area contributed by atoms with Gasteiger partial charge in [0.2, 0.25) is 0 Å². The Hall–Kier alpha value is 0.860. The van der Waals surface area contributed by atoms with E-state index in [2.05, 4.69) is 48.5 Å². The summed E-state index contributed by atoms with van der Waals surface area (Å²) in [5, 5.41) is 2.01. The topological polar surface area (TPSA) is 0 Å². The van der Waals surface area contributed by atoms with E-state index in [1.165, 1.54) is 6.42 Å². The summed E-state index contributed by atoms with van der Waals surface area (Å²) >= 11 is 0. The predicted molar refractivity (Wildman–Crippen MR) is 70.2 cm³/mol. The van der Waals surface area contributed by atoms with Crippen molar-refractivity contribution in [3.8, 4) is 0 Å². The molecule has 80 valence electrons. The lowest BCUT2D eigenvalue weighted by atomic mass is 10.3. The van der Waals surface area contributed by atoms with Crippen LogP contribution in [0, 0.1) is 0 Å². The molecule has 0 aromatic carbocycles. The van der Waals surface area contributed by atoms with Crippen molar-refractivity contribution in [2.24, 2.45) is 0 Å². The zero-order valence-electron chi connectivity index (χ0n) is 10.3. The quantitative estimate of drug-likeness (QED) is 0.606. The Morgan fingerprint density at radius 2 is 1.15 bits per heavy atom. The van der Waals surface area contributed by atoms with Crippen molar-refractivity contribution in [1.29, 1.82) is 0 Å². The maximum Gasteiger partial charge on any atom is -0.00544 e. The monoisotopic (exact) mass is 220 g/mol.